The van der Waals surface area contributed by atoms with Crippen LogP contribution in [0.5, 0.6) is 11.5 Å². The van der Waals surface area contributed by atoms with Crippen LogP contribution in [0.15, 0.2) is 66.5 Å². The van der Waals surface area contributed by atoms with Gasteiger partial charge in [-0.25, -0.2) is 0 Å². The second-order valence-corrected chi connectivity index (χ2v) is 12.0. The first-order chi connectivity index (χ1) is 18.9. The summed E-state index contributed by atoms with van der Waals surface area (Å²) in [6.07, 6.45) is 15.1. The quantitative estimate of drug-likeness (QED) is 0.387. The third kappa shape index (κ3) is 6.20. The van der Waals surface area contributed by atoms with Crippen molar-refractivity contribution in [1.82, 2.24) is 9.80 Å². The molecule has 5 nitrogen and oxygen atoms in total. The highest BCUT2D eigenvalue weighted by Gasteiger charge is 2.37. The largest absolute Gasteiger partial charge is 0.508 e. The Morgan fingerprint density at radius 1 is 1.03 bits per heavy atom. The summed E-state index contributed by atoms with van der Waals surface area (Å²) in [4.78, 5) is 4.94. The number of hydrogen-bond donors (Lipinski definition) is 1. The zero-order valence-electron chi connectivity index (χ0n) is 24.2. The summed E-state index contributed by atoms with van der Waals surface area (Å²) in [5.41, 5.74) is 4.16. The molecule has 0 amide bonds. The number of phenolic OH excluding ortho intramolecular Hbond substituents is 1. The van der Waals surface area contributed by atoms with Gasteiger partial charge in [0.05, 0.1) is 12.6 Å². The number of likely N-dealkylation sites (N-methyl/N-ethyl adjacent to an activating group) is 2. The van der Waals surface area contributed by atoms with Gasteiger partial charge in [0.25, 0.3) is 0 Å². The van der Waals surface area contributed by atoms with Crippen LogP contribution in [-0.2, 0) is 24.1 Å². The van der Waals surface area contributed by atoms with Crippen LogP contribution in [0.2, 0.25) is 0 Å². The van der Waals surface area contributed by atoms with Crippen LogP contribution in [0, 0.1) is 11.8 Å². The minimum atomic E-state index is 0.173. The number of hydrogen-bond acceptors (Lipinski definition) is 5. The lowest BCUT2D eigenvalue weighted by Crippen LogP contribution is -2.46. The van der Waals surface area contributed by atoms with Crippen LogP contribution in [0.4, 0.5) is 0 Å². The van der Waals surface area contributed by atoms with E-state index in [2.05, 4.69) is 79.4 Å². The van der Waals surface area contributed by atoms with E-state index < -0.39 is 0 Å². The van der Waals surface area contributed by atoms with Crippen molar-refractivity contribution < 1.29 is 14.6 Å². The first-order valence-corrected chi connectivity index (χ1v) is 14.8. The van der Waals surface area contributed by atoms with E-state index in [0.29, 0.717) is 17.6 Å². The molecule has 0 aromatic heterocycles. The number of fused-ring (bicyclic) bond motifs is 1. The molecule has 1 fully saturated rings. The summed E-state index contributed by atoms with van der Waals surface area (Å²) in [6, 6.07) is 14.9. The molecule has 3 aliphatic rings. The molecule has 2 aromatic carbocycles. The Morgan fingerprint density at radius 3 is 2.49 bits per heavy atom. The standard InChI is InChI=1S/C34H46N2O3/c1-5-36(23-25-8-14-30(15-9-25)39-24-34(35(2)3)18-6-7-19-34)33-22-31(38-4)16-17-32(33)28-11-10-27-21-29(37)13-12-26(27)20-28/h8-9,12-17,21-22,28,32-33,37H,5-7,10-11,18-20,23-24H2,1-4H3/t28-,32?,33?/m1/s1. The minimum absolute atomic E-state index is 0.173. The molecule has 1 saturated carbocycles. The number of aryl methyl sites for hydroxylation is 1. The monoisotopic (exact) mass is 530 g/mol. The van der Waals surface area contributed by atoms with Crippen molar-refractivity contribution in [1.29, 1.82) is 0 Å². The zero-order chi connectivity index (χ0) is 27.4. The molecule has 5 heteroatoms. The van der Waals surface area contributed by atoms with E-state index in [4.69, 9.17) is 9.47 Å². The molecule has 0 radical (unpaired) electrons. The molecule has 2 unspecified atom stereocenters. The molecular weight excluding hydrogens is 484 g/mol. The van der Waals surface area contributed by atoms with Crippen LogP contribution in [0.1, 0.15) is 55.7 Å². The van der Waals surface area contributed by atoms with E-state index in [1.54, 1.807) is 7.11 Å². The Hall–Kier alpha value is -2.76. The van der Waals surface area contributed by atoms with Gasteiger partial charge in [0.1, 0.15) is 23.9 Å². The molecule has 0 aliphatic heterocycles. The first kappa shape index (κ1) is 27.8. The molecule has 5 rings (SSSR count). The number of phenols is 1. The lowest BCUT2D eigenvalue weighted by Gasteiger charge is -2.41. The lowest BCUT2D eigenvalue weighted by molar-refractivity contribution is 0.0864. The van der Waals surface area contributed by atoms with Crippen molar-refractivity contribution in [2.45, 2.75) is 70.0 Å². The van der Waals surface area contributed by atoms with Gasteiger partial charge in [0, 0.05) is 12.6 Å². The highest BCUT2D eigenvalue weighted by Crippen LogP contribution is 2.38. The second-order valence-electron chi connectivity index (χ2n) is 12.0. The molecule has 3 aliphatic carbocycles. The second kappa shape index (κ2) is 12.2. The number of allylic oxidation sites excluding steroid dienone is 1. The van der Waals surface area contributed by atoms with Crippen molar-refractivity contribution in [3.05, 3.63) is 83.1 Å². The maximum absolute atomic E-state index is 9.93. The third-order valence-electron chi connectivity index (χ3n) is 9.58. The molecule has 3 atom stereocenters. The molecule has 39 heavy (non-hydrogen) atoms. The molecule has 0 spiro atoms. The first-order valence-electron chi connectivity index (χ1n) is 14.8. The fraction of sp³-hybridized carbons (Fsp3) is 0.529. The molecule has 0 heterocycles. The fourth-order valence-electron chi connectivity index (χ4n) is 7.00. The fourth-order valence-corrected chi connectivity index (χ4v) is 7.00. The number of benzene rings is 2. The summed E-state index contributed by atoms with van der Waals surface area (Å²) in [5.74, 6) is 3.26. The van der Waals surface area contributed by atoms with E-state index in [1.807, 2.05) is 12.1 Å². The SMILES string of the molecule is CCN(Cc1ccc(OCC2(N(C)C)CCCC2)cc1)C1C=C(OC)C=CC1[C@@H]1CCc2cc(O)ccc2C1. The van der Waals surface area contributed by atoms with E-state index in [9.17, 15) is 5.11 Å². The molecule has 0 bridgehead atoms. The number of rotatable bonds is 10. The summed E-state index contributed by atoms with van der Waals surface area (Å²) in [5, 5.41) is 9.93. The Morgan fingerprint density at radius 2 is 1.79 bits per heavy atom. The van der Waals surface area contributed by atoms with Gasteiger partial charge < -0.3 is 19.5 Å². The highest BCUT2D eigenvalue weighted by atomic mass is 16.5. The lowest BCUT2D eigenvalue weighted by atomic mass is 9.72. The van der Waals surface area contributed by atoms with Crippen molar-refractivity contribution in [2.24, 2.45) is 11.8 Å². The molecule has 0 saturated heterocycles. The maximum atomic E-state index is 9.93. The summed E-state index contributed by atoms with van der Waals surface area (Å²) in [7, 11) is 6.13. The van der Waals surface area contributed by atoms with Gasteiger partial charge in [-0.15, -0.1) is 0 Å². The Bertz CT molecular complexity index is 1160. The van der Waals surface area contributed by atoms with Gasteiger partial charge in [0.2, 0.25) is 0 Å². The van der Waals surface area contributed by atoms with Crippen molar-refractivity contribution in [2.75, 3.05) is 34.4 Å². The van der Waals surface area contributed by atoms with Gasteiger partial charge in [-0.3, -0.25) is 4.90 Å². The third-order valence-corrected chi connectivity index (χ3v) is 9.58. The number of aromatic hydroxyl groups is 1. The van der Waals surface area contributed by atoms with Crippen molar-refractivity contribution >= 4 is 0 Å². The normalized spacial score (nSPS) is 24.1. The Labute approximate surface area is 235 Å². The molecular formula is C34H46N2O3. The van der Waals surface area contributed by atoms with Crippen LogP contribution < -0.4 is 4.74 Å². The van der Waals surface area contributed by atoms with Crippen LogP contribution in [0.25, 0.3) is 0 Å². The van der Waals surface area contributed by atoms with Gasteiger partial charge in [-0.1, -0.05) is 44.0 Å². The maximum Gasteiger partial charge on any atom is 0.119 e. The van der Waals surface area contributed by atoms with Gasteiger partial charge in [-0.05, 0) is 118 Å². The van der Waals surface area contributed by atoms with Crippen molar-refractivity contribution in [3.8, 4) is 11.5 Å². The highest BCUT2D eigenvalue weighted by molar-refractivity contribution is 5.37. The van der Waals surface area contributed by atoms with Gasteiger partial charge in [-0.2, -0.15) is 0 Å². The topological polar surface area (TPSA) is 45.2 Å². The number of methoxy groups -OCH3 is 1. The van der Waals surface area contributed by atoms with E-state index in [1.165, 1.54) is 42.4 Å². The van der Waals surface area contributed by atoms with Crippen LogP contribution in [0.3, 0.4) is 0 Å². The zero-order valence-corrected chi connectivity index (χ0v) is 24.2. The molecule has 2 aromatic rings. The average molecular weight is 531 g/mol. The van der Waals surface area contributed by atoms with Gasteiger partial charge >= 0.3 is 0 Å². The number of ether oxygens (including phenoxy) is 2. The molecule has 210 valence electrons. The minimum Gasteiger partial charge on any atom is -0.508 e. The smallest absolute Gasteiger partial charge is 0.119 e. The van der Waals surface area contributed by atoms with Crippen molar-refractivity contribution in [3.63, 3.8) is 0 Å². The summed E-state index contributed by atoms with van der Waals surface area (Å²) in [6.45, 7) is 4.86. The Kier molecular flexibility index (Phi) is 8.68. The summed E-state index contributed by atoms with van der Waals surface area (Å²) < 4.78 is 12.0. The van der Waals surface area contributed by atoms with E-state index in [-0.39, 0.29) is 11.6 Å². The van der Waals surface area contributed by atoms with Crippen LogP contribution >= 0.6 is 0 Å². The van der Waals surface area contributed by atoms with E-state index in [0.717, 1.165) is 50.5 Å². The predicted octanol–water partition coefficient (Wildman–Crippen LogP) is 6.36. The number of nitrogens with zero attached hydrogens (tertiary/aromatic N) is 2. The average Bonchev–Trinajstić information content (AvgIpc) is 3.45. The summed E-state index contributed by atoms with van der Waals surface area (Å²) >= 11 is 0. The molecule has 1 N–H and O–H groups in total. The van der Waals surface area contributed by atoms with Gasteiger partial charge in [0.15, 0.2) is 0 Å². The predicted molar refractivity (Wildman–Crippen MR) is 158 cm³/mol. The van der Waals surface area contributed by atoms with E-state index >= 15 is 0 Å². The van der Waals surface area contributed by atoms with Crippen LogP contribution in [-0.4, -0.2) is 60.8 Å². The Balaban J connectivity index is 1.27.